The van der Waals surface area contributed by atoms with Crippen molar-refractivity contribution in [1.82, 2.24) is 20.1 Å². The Morgan fingerprint density at radius 1 is 1.13 bits per heavy atom. The molecule has 154 valence electrons. The Kier molecular flexibility index (Phi) is 5.80. The van der Waals surface area contributed by atoms with Gasteiger partial charge in [0.25, 0.3) is 5.91 Å². The Morgan fingerprint density at radius 3 is 2.73 bits per heavy atom. The van der Waals surface area contributed by atoms with Crippen LogP contribution in [0.5, 0.6) is 0 Å². The minimum absolute atomic E-state index is 0.0161. The number of amides is 2. The van der Waals surface area contributed by atoms with E-state index in [1.807, 2.05) is 24.3 Å². The molecule has 2 aromatic carbocycles. The molecule has 9 heteroatoms. The van der Waals surface area contributed by atoms with Crippen LogP contribution in [0.2, 0.25) is 0 Å². The quantitative estimate of drug-likeness (QED) is 0.614. The smallest absolute Gasteiger partial charge is 0.254 e. The van der Waals surface area contributed by atoms with Crippen LogP contribution in [0.1, 0.15) is 21.7 Å². The summed E-state index contributed by atoms with van der Waals surface area (Å²) in [6.45, 7) is 0.787. The zero-order valence-corrected chi connectivity index (χ0v) is 17.2. The molecule has 3 aromatic rings. The highest BCUT2D eigenvalue weighted by molar-refractivity contribution is 7.99. The van der Waals surface area contributed by atoms with E-state index in [0.717, 1.165) is 12.1 Å². The van der Waals surface area contributed by atoms with Gasteiger partial charge < -0.3 is 14.8 Å². The van der Waals surface area contributed by atoms with Gasteiger partial charge in [0, 0.05) is 19.3 Å². The summed E-state index contributed by atoms with van der Waals surface area (Å²) in [5.74, 6) is -0.329. The highest BCUT2D eigenvalue weighted by atomic mass is 32.2. The van der Waals surface area contributed by atoms with Crippen molar-refractivity contribution in [3.8, 4) is 0 Å². The Balaban J connectivity index is 1.34. The summed E-state index contributed by atoms with van der Waals surface area (Å²) in [5.41, 5.74) is 2.13. The lowest BCUT2D eigenvalue weighted by Gasteiger charge is -2.16. The molecule has 0 atom stereocenters. The number of hydrogen-bond acceptors (Lipinski definition) is 5. The van der Waals surface area contributed by atoms with Gasteiger partial charge in [-0.3, -0.25) is 9.59 Å². The fraction of sp³-hybridized carbons (Fsp3) is 0.238. The molecule has 30 heavy (non-hydrogen) atoms. The SMILES string of the molecule is Cn1c(CNC(=O)c2ccccc2F)nnc1SCC(=O)N1CCc2ccccc21. The summed E-state index contributed by atoms with van der Waals surface area (Å²) < 4.78 is 15.4. The van der Waals surface area contributed by atoms with Crippen LogP contribution in [0.25, 0.3) is 0 Å². The number of thioether (sulfide) groups is 1. The second-order valence-electron chi connectivity index (χ2n) is 6.83. The number of anilines is 1. The van der Waals surface area contributed by atoms with E-state index in [4.69, 9.17) is 0 Å². The molecule has 1 aliphatic heterocycles. The number of rotatable bonds is 6. The van der Waals surface area contributed by atoms with Crippen molar-refractivity contribution in [2.24, 2.45) is 7.05 Å². The molecular weight excluding hydrogens is 405 g/mol. The normalized spacial score (nSPS) is 12.7. The number of fused-ring (bicyclic) bond motifs is 1. The Morgan fingerprint density at radius 2 is 1.90 bits per heavy atom. The maximum atomic E-state index is 13.7. The maximum Gasteiger partial charge on any atom is 0.254 e. The second-order valence-corrected chi connectivity index (χ2v) is 7.78. The van der Waals surface area contributed by atoms with Crippen LogP contribution in [0.3, 0.4) is 0 Å². The molecule has 0 aliphatic carbocycles. The van der Waals surface area contributed by atoms with E-state index < -0.39 is 11.7 Å². The monoisotopic (exact) mass is 425 g/mol. The summed E-state index contributed by atoms with van der Waals surface area (Å²) in [6, 6.07) is 13.7. The molecule has 0 saturated carbocycles. The molecule has 0 bridgehead atoms. The van der Waals surface area contributed by atoms with Gasteiger partial charge in [-0.2, -0.15) is 0 Å². The summed E-state index contributed by atoms with van der Waals surface area (Å²) in [4.78, 5) is 26.6. The first-order valence-corrected chi connectivity index (χ1v) is 10.4. The zero-order valence-electron chi connectivity index (χ0n) is 16.3. The van der Waals surface area contributed by atoms with Crippen molar-refractivity contribution in [3.63, 3.8) is 0 Å². The molecule has 4 rings (SSSR count). The zero-order chi connectivity index (χ0) is 21.1. The molecule has 1 N–H and O–H groups in total. The molecule has 1 aromatic heterocycles. The van der Waals surface area contributed by atoms with Gasteiger partial charge in [-0.1, -0.05) is 42.1 Å². The number of carbonyl (C=O) groups is 2. The van der Waals surface area contributed by atoms with Crippen LogP contribution in [0.15, 0.2) is 53.7 Å². The number of benzene rings is 2. The topological polar surface area (TPSA) is 80.1 Å². The van der Waals surface area contributed by atoms with Gasteiger partial charge in [-0.25, -0.2) is 4.39 Å². The number of aromatic nitrogens is 3. The van der Waals surface area contributed by atoms with Crippen LogP contribution >= 0.6 is 11.8 Å². The lowest BCUT2D eigenvalue weighted by molar-refractivity contribution is -0.116. The van der Waals surface area contributed by atoms with E-state index in [9.17, 15) is 14.0 Å². The second kappa shape index (κ2) is 8.66. The van der Waals surface area contributed by atoms with Gasteiger partial charge >= 0.3 is 0 Å². The van der Waals surface area contributed by atoms with Crippen molar-refractivity contribution < 1.29 is 14.0 Å². The van der Waals surface area contributed by atoms with Crippen molar-refractivity contribution >= 4 is 29.3 Å². The molecule has 2 heterocycles. The Labute approximate surface area is 177 Å². The molecular formula is C21H20FN5O2S. The van der Waals surface area contributed by atoms with Crippen molar-refractivity contribution in [2.75, 3.05) is 17.2 Å². The van der Waals surface area contributed by atoms with E-state index in [2.05, 4.69) is 15.5 Å². The van der Waals surface area contributed by atoms with Gasteiger partial charge in [0.1, 0.15) is 5.82 Å². The molecule has 0 fully saturated rings. The fourth-order valence-electron chi connectivity index (χ4n) is 3.33. The average molecular weight is 425 g/mol. The minimum Gasteiger partial charge on any atom is -0.345 e. The van der Waals surface area contributed by atoms with Gasteiger partial charge in [-0.05, 0) is 30.2 Å². The molecule has 0 unspecified atom stereocenters. The summed E-state index contributed by atoms with van der Waals surface area (Å²) >= 11 is 1.30. The summed E-state index contributed by atoms with van der Waals surface area (Å²) in [5, 5.41) is 11.4. The molecule has 0 saturated heterocycles. The number of nitrogens with zero attached hydrogens (tertiary/aromatic N) is 4. The fourth-order valence-corrected chi connectivity index (χ4v) is 4.13. The third-order valence-corrected chi connectivity index (χ3v) is 5.97. The maximum absolute atomic E-state index is 13.7. The third-order valence-electron chi connectivity index (χ3n) is 4.96. The lowest BCUT2D eigenvalue weighted by Crippen LogP contribution is -2.30. The minimum atomic E-state index is -0.578. The first-order chi connectivity index (χ1) is 14.5. The van der Waals surface area contributed by atoms with Gasteiger partial charge in [0.2, 0.25) is 5.91 Å². The van der Waals surface area contributed by atoms with Crippen molar-refractivity contribution in [2.45, 2.75) is 18.1 Å². The number of hydrogen-bond donors (Lipinski definition) is 1. The van der Waals surface area contributed by atoms with Gasteiger partial charge in [0.15, 0.2) is 11.0 Å². The van der Waals surface area contributed by atoms with E-state index in [1.54, 1.807) is 22.6 Å². The highest BCUT2D eigenvalue weighted by Gasteiger charge is 2.24. The van der Waals surface area contributed by atoms with E-state index >= 15 is 0 Å². The van der Waals surface area contributed by atoms with Crippen LogP contribution in [0, 0.1) is 5.82 Å². The summed E-state index contributed by atoms with van der Waals surface area (Å²) in [7, 11) is 1.77. The average Bonchev–Trinajstić information content (AvgIpc) is 3.34. The molecule has 1 aliphatic rings. The molecule has 0 radical (unpaired) electrons. The molecule has 7 nitrogen and oxygen atoms in total. The standard InChI is InChI=1S/C21H20FN5O2S/c1-26-18(12-23-20(29)15-7-3-4-8-16(15)22)24-25-21(26)30-13-19(28)27-11-10-14-6-2-5-9-17(14)27/h2-9H,10-13H2,1H3,(H,23,29). The van der Waals surface area contributed by atoms with Crippen LogP contribution in [-0.4, -0.2) is 38.9 Å². The number of nitrogens with one attached hydrogen (secondary N) is 1. The van der Waals surface area contributed by atoms with Crippen LogP contribution in [0.4, 0.5) is 10.1 Å². The summed E-state index contributed by atoms with van der Waals surface area (Å²) in [6.07, 6.45) is 0.863. The van der Waals surface area contributed by atoms with Crippen molar-refractivity contribution in [3.05, 3.63) is 71.3 Å². The Hall–Kier alpha value is -3.20. The van der Waals surface area contributed by atoms with E-state index in [1.165, 1.54) is 35.5 Å². The highest BCUT2D eigenvalue weighted by Crippen LogP contribution is 2.28. The van der Waals surface area contributed by atoms with Gasteiger partial charge in [0.05, 0.1) is 17.9 Å². The van der Waals surface area contributed by atoms with E-state index in [0.29, 0.717) is 17.5 Å². The number of halogens is 1. The van der Waals surface area contributed by atoms with Gasteiger partial charge in [-0.15, -0.1) is 10.2 Å². The molecule has 0 spiro atoms. The predicted molar refractivity (Wildman–Crippen MR) is 112 cm³/mol. The van der Waals surface area contributed by atoms with Crippen molar-refractivity contribution in [1.29, 1.82) is 0 Å². The number of para-hydroxylation sites is 1. The Bertz CT molecular complexity index is 1100. The predicted octanol–water partition coefficient (Wildman–Crippen LogP) is 2.57. The molecule has 2 amide bonds. The van der Waals surface area contributed by atoms with Crippen LogP contribution in [-0.2, 0) is 24.8 Å². The number of carbonyl (C=O) groups excluding carboxylic acids is 2. The largest absolute Gasteiger partial charge is 0.345 e. The lowest BCUT2D eigenvalue weighted by atomic mass is 10.2. The van der Waals surface area contributed by atoms with Crippen LogP contribution < -0.4 is 10.2 Å². The first kappa shape index (κ1) is 20.1. The van der Waals surface area contributed by atoms with E-state index in [-0.39, 0.29) is 23.8 Å². The first-order valence-electron chi connectivity index (χ1n) is 9.46. The third kappa shape index (κ3) is 4.06.